The average molecular weight is 370 g/mol. The molecule has 1 amide bonds. The number of anilines is 1. The molecule has 2 aliphatic carbocycles. The molecule has 5 nitrogen and oxygen atoms in total. The number of carbonyl (C=O) groups excluding carboxylic acids is 1. The van der Waals surface area contributed by atoms with Crippen molar-refractivity contribution in [2.75, 3.05) is 12.4 Å². The maximum atomic E-state index is 12.5. The second-order valence-electron chi connectivity index (χ2n) is 7.04. The van der Waals surface area contributed by atoms with E-state index in [0.717, 1.165) is 19.3 Å². The van der Waals surface area contributed by atoms with Crippen molar-refractivity contribution in [2.24, 2.45) is 0 Å². The van der Waals surface area contributed by atoms with Crippen LogP contribution >= 0.6 is 0 Å². The van der Waals surface area contributed by atoms with Crippen molar-refractivity contribution in [2.45, 2.75) is 43.9 Å². The van der Waals surface area contributed by atoms with E-state index in [-0.39, 0.29) is 10.8 Å². The van der Waals surface area contributed by atoms with Crippen LogP contribution in [0, 0.1) is 0 Å². The molecule has 0 fully saturated rings. The number of allylic oxidation sites excluding steroid dienone is 5. The molecule has 0 unspecified atom stereocenters. The number of nitrogens with one attached hydrogen (secondary N) is 2. The summed E-state index contributed by atoms with van der Waals surface area (Å²) in [6.07, 6.45) is 7.60. The van der Waals surface area contributed by atoms with E-state index < -0.39 is 10.0 Å². The van der Waals surface area contributed by atoms with Crippen molar-refractivity contribution in [1.82, 2.24) is 4.72 Å². The third kappa shape index (κ3) is 2.73. The predicted octanol–water partition coefficient (Wildman–Crippen LogP) is 3.52. The van der Waals surface area contributed by atoms with Gasteiger partial charge >= 0.3 is 0 Å². The minimum atomic E-state index is -3.55. The highest BCUT2D eigenvalue weighted by atomic mass is 32.2. The van der Waals surface area contributed by atoms with Crippen molar-refractivity contribution in [3.8, 4) is 0 Å². The van der Waals surface area contributed by atoms with E-state index in [1.807, 2.05) is 6.08 Å². The lowest BCUT2D eigenvalue weighted by Gasteiger charge is -2.14. The van der Waals surface area contributed by atoms with Gasteiger partial charge in [-0.3, -0.25) is 4.79 Å². The first kappa shape index (κ1) is 17.2. The lowest BCUT2D eigenvalue weighted by atomic mass is 9.91. The average Bonchev–Trinajstić information content (AvgIpc) is 3.12. The summed E-state index contributed by atoms with van der Waals surface area (Å²) in [6, 6.07) is 4.73. The fraction of sp³-hybridized carbons (Fsp3) is 0.350. The van der Waals surface area contributed by atoms with Crippen LogP contribution in [0.5, 0.6) is 0 Å². The molecule has 1 aromatic rings. The summed E-state index contributed by atoms with van der Waals surface area (Å²) in [5.74, 6) is -0.177. The molecule has 26 heavy (non-hydrogen) atoms. The third-order valence-electron chi connectivity index (χ3n) is 5.59. The highest BCUT2D eigenvalue weighted by molar-refractivity contribution is 7.89. The van der Waals surface area contributed by atoms with Crippen molar-refractivity contribution >= 4 is 27.2 Å². The molecule has 0 bridgehead atoms. The summed E-state index contributed by atoms with van der Waals surface area (Å²) in [7, 11) is -2.17. The van der Waals surface area contributed by atoms with E-state index in [2.05, 4.69) is 17.0 Å². The number of amides is 1. The van der Waals surface area contributed by atoms with Crippen LogP contribution < -0.4 is 10.0 Å². The van der Waals surface area contributed by atoms with E-state index in [9.17, 15) is 13.2 Å². The predicted molar refractivity (Wildman–Crippen MR) is 102 cm³/mol. The van der Waals surface area contributed by atoms with Crippen molar-refractivity contribution in [1.29, 1.82) is 0 Å². The van der Waals surface area contributed by atoms with Gasteiger partial charge in [0.15, 0.2) is 0 Å². The second kappa shape index (κ2) is 6.21. The summed E-state index contributed by atoms with van der Waals surface area (Å²) in [5, 5.41) is 2.84. The zero-order chi connectivity index (χ0) is 18.5. The van der Waals surface area contributed by atoms with Gasteiger partial charge in [0, 0.05) is 16.8 Å². The summed E-state index contributed by atoms with van der Waals surface area (Å²) in [5.41, 5.74) is 7.28. The summed E-state index contributed by atoms with van der Waals surface area (Å²) >= 11 is 0. The highest BCUT2D eigenvalue weighted by Gasteiger charge is 2.29. The Kier molecular flexibility index (Phi) is 4.12. The first-order valence-electron chi connectivity index (χ1n) is 8.93. The monoisotopic (exact) mass is 370 g/mol. The van der Waals surface area contributed by atoms with E-state index in [1.54, 1.807) is 12.1 Å². The SMILES string of the molecule is CNS(=O)(=O)c1ccc2c(c1)C(=CC1=C(C)C3=C(CCCC3)C1)C(=O)N2. The molecular formula is C20H22N2O3S. The lowest BCUT2D eigenvalue weighted by molar-refractivity contribution is -0.110. The van der Waals surface area contributed by atoms with E-state index in [4.69, 9.17) is 0 Å². The Morgan fingerprint density at radius 3 is 2.69 bits per heavy atom. The molecule has 1 aliphatic heterocycles. The smallest absolute Gasteiger partial charge is 0.256 e. The van der Waals surface area contributed by atoms with Gasteiger partial charge in [0.25, 0.3) is 5.91 Å². The Bertz CT molecular complexity index is 1010. The minimum absolute atomic E-state index is 0.163. The zero-order valence-corrected chi connectivity index (χ0v) is 15.8. The van der Waals surface area contributed by atoms with Crippen LogP contribution in [0.15, 0.2) is 51.5 Å². The van der Waals surface area contributed by atoms with E-state index >= 15 is 0 Å². The second-order valence-corrected chi connectivity index (χ2v) is 8.93. The number of rotatable bonds is 3. The van der Waals surface area contributed by atoms with Gasteiger partial charge in [-0.1, -0.05) is 5.57 Å². The topological polar surface area (TPSA) is 75.3 Å². The summed E-state index contributed by atoms with van der Waals surface area (Å²) in [6.45, 7) is 2.13. The normalized spacial score (nSPS) is 21.3. The van der Waals surface area contributed by atoms with Gasteiger partial charge < -0.3 is 5.32 Å². The molecule has 0 atom stereocenters. The van der Waals surface area contributed by atoms with Gasteiger partial charge in [0.2, 0.25) is 10.0 Å². The Hall–Kier alpha value is -2.18. The Morgan fingerprint density at radius 2 is 1.96 bits per heavy atom. The van der Waals surface area contributed by atoms with Gasteiger partial charge in [-0.25, -0.2) is 13.1 Å². The fourth-order valence-corrected chi connectivity index (χ4v) is 4.86. The van der Waals surface area contributed by atoms with Crippen LogP contribution in [0.4, 0.5) is 5.69 Å². The molecule has 2 N–H and O–H groups in total. The Balaban J connectivity index is 1.76. The molecule has 6 heteroatoms. The molecule has 4 rings (SSSR count). The van der Waals surface area contributed by atoms with Gasteiger partial charge in [0.1, 0.15) is 0 Å². The van der Waals surface area contributed by atoms with Crippen LogP contribution in [0.25, 0.3) is 5.57 Å². The number of benzene rings is 1. The lowest BCUT2D eigenvalue weighted by Crippen LogP contribution is -2.18. The van der Waals surface area contributed by atoms with Crippen LogP contribution in [0.3, 0.4) is 0 Å². The molecule has 0 saturated carbocycles. The molecule has 1 aromatic carbocycles. The fourth-order valence-electron chi connectivity index (χ4n) is 4.10. The van der Waals surface area contributed by atoms with Crippen molar-refractivity contribution < 1.29 is 13.2 Å². The van der Waals surface area contributed by atoms with Crippen molar-refractivity contribution in [3.63, 3.8) is 0 Å². The molecule has 0 aromatic heterocycles. The highest BCUT2D eigenvalue weighted by Crippen LogP contribution is 2.43. The number of sulfonamides is 1. The van der Waals surface area contributed by atoms with E-state index in [0.29, 0.717) is 16.8 Å². The van der Waals surface area contributed by atoms with Crippen LogP contribution in [0.2, 0.25) is 0 Å². The molecular weight excluding hydrogens is 348 g/mol. The largest absolute Gasteiger partial charge is 0.321 e. The Morgan fingerprint density at radius 1 is 1.19 bits per heavy atom. The van der Waals surface area contributed by atoms with Gasteiger partial charge in [-0.2, -0.15) is 0 Å². The molecule has 0 saturated heterocycles. The maximum Gasteiger partial charge on any atom is 0.256 e. The zero-order valence-electron chi connectivity index (χ0n) is 15.0. The standard InChI is InChI=1S/C20H22N2O3S/c1-12-14(9-13-5-3-4-6-16(12)13)10-18-17-11-15(26(24,25)21-2)7-8-19(17)22-20(18)23/h7-8,10-11,21H,3-6,9H2,1-2H3,(H,22,23). The van der Waals surface area contributed by atoms with Gasteiger partial charge in [0.05, 0.1) is 4.90 Å². The quantitative estimate of drug-likeness (QED) is 0.800. The number of hydrogen-bond donors (Lipinski definition) is 2. The minimum Gasteiger partial charge on any atom is -0.321 e. The maximum absolute atomic E-state index is 12.5. The van der Waals surface area contributed by atoms with Crippen LogP contribution in [-0.2, 0) is 14.8 Å². The number of carbonyl (C=O) groups is 1. The molecule has 0 spiro atoms. The van der Waals surface area contributed by atoms with E-state index in [1.165, 1.54) is 48.2 Å². The van der Waals surface area contributed by atoms with Gasteiger partial charge in [-0.15, -0.1) is 0 Å². The molecule has 3 aliphatic rings. The molecule has 0 radical (unpaired) electrons. The van der Waals surface area contributed by atoms with Gasteiger partial charge in [-0.05, 0) is 87.1 Å². The summed E-state index contributed by atoms with van der Waals surface area (Å²) in [4.78, 5) is 12.7. The number of fused-ring (bicyclic) bond motifs is 1. The first-order valence-corrected chi connectivity index (χ1v) is 10.4. The van der Waals surface area contributed by atoms with Crippen LogP contribution in [-0.4, -0.2) is 21.4 Å². The third-order valence-corrected chi connectivity index (χ3v) is 7.00. The first-order chi connectivity index (χ1) is 12.4. The van der Waals surface area contributed by atoms with Crippen LogP contribution in [0.1, 0.15) is 44.6 Å². The van der Waals surface area contributed by atoms with Crippen molar-refractivity contribution in [3.05, 3.63) is 52.1 Å². The Labute approximate surface area is 153 Å². The molecule has 1 heterocycles. The summed E-state index contributed by atoms with van der Waals surface area (Å²) < 4.78 is 26.5. The molecule has 136 valence electrons. The number of hydrogen-bond acceptors (Lipinski definition) is 3.